The van der Waals surface area contributed by atoms with Crippen LogP contribution in [0.2, 0.25) is 0 Å². The molecule has 1 N–H and O–H groups in total. The highest BCUT2D eigenvalue weighted by atomic mass is 16.5. The van der Waals surface area contributed by atoms with Crippen LogP contribution < -0.4 is 19.7 Å². The maximum Gasteiger partial charge on any atom is 0.241 e. The van der Waals surface area contributed by atoms with Gasteiger partial charge in [-0.25, -0.2) is 0 Å². The number of nitrogens with one attached hydrogen (secondary N) is 1. The van der Waals surface area contributed by atoms with Crippen LogP contribution in [-0.2, 0) is 9.59 Å². The summed E-state index contributed by atoms with van der Waals surface area (Å²) < 4.78 is 10.4. The normalized spacial score (nSPS) is 10.8. The van der Waals surface area contributed by atoms with Crippen molar-refractivity contribution in [2.45, 2.75) is 13.8 Å². The summed E-state index contributed by atoms with van der Waals surface area (Å²) in [5.74, 6) is 0.332. The first-order chi connectivity index (χ1) is 12.3. The van der Waals surface area contributed by atoms with E-state index in [-0.39, 0.29) is 5.91 Å². The fourth-order valence-corrected chi connectivity index (χ4v) is 2.47. The van der Waals surface area contributed by atoms with E-state index in [0.29, 0.717) is 17.2 Å². The summed E-state index contributed by atoms with van der Waals surface area (Å²) >= 11 is 0. The Bertz CT molecular complexity index is 788. The first-order valence-electron chi connectivity index (χ1n) is 8.18. The monoisotopic (exact) mass is 356 g/mol. The summed E-state index contributed by atoms with van der Waals surface area (Å²) in [6, 6.07) is 14.2. The first kappa shape index (κ1) is 19.3. The van der Waals surface area contributed by atoms with E-state index in [1.807, 2.05) is 30.3 Å². The number of methoxy groups -OCH3 is 2. The molecule has 0 saturated heterocycles. The lowest BCUT2D eigenvalue weighted by molar-refractivity contribution is -0.136. The van der Waals surface area contributed by atoms with Crippen molar-refractivity contribution >= 4 is 23.2 Å². The summed E-state index contributed by atoms with van der Waals surface area (Å²) in [7, 11) is 4.71. The van der Waals surface area contributed by atoms with Crippen LogP contribution >= 0.6 is 0 Å². The molecular formula is C20H24N2O4. The molecule has 26 heavy (non-hydrogen) atoms. The highest BCUT2D eigenvalue weighted by molar-refractivity contribution is 6.14. The Labute approximate surface area is 153 Å². The number of anilines is 2. The lowest BCUT2D eigenvalue weighted by atomic mass is 9.90. The highest BCUT2D eigenvalue weighted by Gasteiger charge is 2.39. The number of carbonyl (C=O) groups is 2. The second-order valence-electron chi connectivity index (χ2n) is 6.35. The van der Waals surface area contributed by atoms with Gasteiger partial charge >= 0.3 is 0 Å². The van der Waals surface area contributed by atoms with Crippen LogP contribution in [0.4, 0.5) is 11.4 Å². The van der Waals surface area contributed by atoms with E-state index in [9.17, 15) is 9.59 Å². The number of hydrogen-bond donors (Lipinski definition) is 1. The van der Waals surface area contributed by atoms with Crippen LogP contribution in [0, 0.1) is 5.41 Å². The number of nitrogens with zero attached hydrogens (tertiary/aromatic N) is 1. The zero-order valence-electron chi connectivity index (χ0n) is 15.7. The van der Waals surface area contributed by atoms with E-state index < -0.39 is 11.3 Å². The molecule has 0 aliphatic carbocycles. The van der Waals surface area contributed by atoms with Crippen molar-refractivity contribution in [1.82, 2.24) is 0 Å². The van der Waals surface area contributed by atoms with Crippen LogP contribution in [-0.4, -0.2) is 33.1 Å². The number of ether oxygens (including phenoxy) is 2. The van der Waals surface area contributed by atoms with E-state index in [2.05, 4.69) is 5.32 Å². The van der Waals surface area contributed by atoms with E-state index in [1.54, 1.807) is 46.2 Å². The zero-order chi connectivity index (χ0) is 19.3. The molecule has 2 aromatic rings. The Balaban J connectivity index is 2.21. The summed E-state index contributed by atoms with van der Waals surface area (Å²) in [6.07, 6.45) is 0. The van der Waals surface area contributed by atoms with Gasteiger partial charge in [0.05, 0.1) is 19.9 Å². The minimum atomic E-state index is -1.27. The second kappa shape index (κ2) is 7.91. The van der Waals surface area contributed by atoms with Crippen molar-refractivity contribution in [3.05, 3.63) is 48.5 Å². The van der Waals surface area contributed by atoms with E-state index in [4.69, 9.17) is 9.47 Å². The van der Waals surface area contributed by atoms with Crippen LogP contribution in [0.1, 0.15) is 13.8 Å². The maximum absolute atomic E-state index is 12.9. The van der Waals surface area contributed by atoms with Crippen molar-refractivity contribution < 1.29 is 19.1 Å². The van der Waals surface area contributed by atoms with Gasteiger partial charge in [0.2, 0.25) is 11.8 Å². The summed E-state index contributed by atoms with van der Waals surface area (Å²) in [5.41, 5.74) is -0.0721. The molecule has 0 atom stereocenters. The van der Waals surface area contributed by atoms with Gasteiger partial charge in [0.25, 0.3) is 0 Å². The van der Waals surface area contributed by atoms with Crippen molar-refractivity contribution in [3.63, 3.8) is 0 Å². The molecule has 0 spiro atoms. The van der Waals surface area contributed by atoms with Gasteiger partial charge in [-0.1, -0.05) is 18.2 Å². The van der Waals surface area contributed by atoms with Gasteiger partial charge in [0.1, 0.15) is 16.9 Å². The van der Waals surface area contributed by atoms with Crippen LogP contribution in [0.25, 0.3) is 0 Å². The predicted octanol–water partition coefficient (Wildman–Crippen LogP) is 3.33. The lowest BCUT2D eigenvalue weighted by Gasteiger charge is -2.28. The molecule has 0 aromatic heterocycles. The smallest absolute Gasteiger partial charge is 0.241 e. The van der Waals surface area contributed by atoms with Crippen molar-refractivity contribution in [1.29, 1.82) is 0 Å². The van der Waals surface area contributed by atoms with Gasteiger partial charge in [-0.3, -0.25) is 9.59 Å². The van der Waals surface area contributed by atoms with Gasteiger partial charge in [0, 0.05) is 18.8 Å². The largest absolute Gasteiger partial charge is 0.497 e. The van der Waals surface area contributed by atoms with Gasteiger partial charge in [-0.05, 0) is 38.1 Å². The van der Waals surface area contributed by atoms with E-state index in [0.717, 1.165) is 5.69 Å². The third-order valence-corrected chi connectivity index (χ3v) is 4.21. The fourth-order valence-electron chi connectivity index (χ4n) is 2.47. The predicted molar refractivity (Wildman–Crippen MR) is 102 cm³/mol. The highest BCUT2D eigenvalue weighted by Crippen LogP contribution is 2.31. The van der Waals surface area contributed by atoms with Crippen molar-refractivity contribution in [3.8, 4) is 11.5 Å². The fraction of sp³-hybridized carbons (Fsp3) is 0.300. The molecule has 0 heterocycles. The van der Waals surface area contributed by atoms with Gasteiger partial charge in [-0.2, -0.15) is 0 Å². The van der Waals surface area contributed by atoms with Crippen LogP contribution in [0.15, 0.2) is 48.5 Å². The molecule has 2 amide bonds. The summed E-state index contributed by atoms with van der Waals surface area (Å²) in [4.78, 5) is 27.1. The molecule has 6 nitrogen and oxygen atoms in total. The summed E-state index contributed by atoms with van der Waals surface area (Å²) in [5, 5.41) is 2.77. The number of amides is 2. The Kier molecular flexibility index (Phi) is 5.87. The number of benzene rings is 2. The van der Waals surface area contributed by atoms with Crippen LogP contribution in [0.3, 0.4) is 0 Å². The molecule has 2 aromatic carbocycles. The molecule has 2 rings (SSSR count). The number of rotatable bonds is 6. The second-order valence-corrected chi connectivity index (χ2v) is 6.35. The molecule has 0 aliphatic rings. The lowest BCUT2D eigenvalue weighted by Crippen LogP contribution is -2.46. The molecule has 6 heteroatoms. The molecule has 0 aliphatic heterocycles. The van der Waals surface area contributed by atoms with E-state index in [1.165, 1.54) is 12.0 Å². The molecular weight excluding hydrogens is 332 g/mol. The number of carbonyl (C=O) groups excluding carboxylic acids is 2. The number of para-hydroxylation sites is 1. The molecule has 0 radical (unpaired) electrons. The Morgan fingerprint density at radius 3 is 2.23 bits per heavy atom. The SMILES string of the molecule is COc1ccc(NC(=O)C(C)(C)C(=O)N(C)c2ccccc2)c(OC)c1. The first-order valence-corrected chi connectivity index (χ1v) is 8.18. The van der Waals surface area contributed by atoms with Crippen molar-refractivity contribution in [2.75, 3.05) is 31.5 Å². The third-order valence-electron chi connectivity index (χ3n) is 4.21. The minimum Gasteiger partial charge on any atom is -0.497 e. The molecule has 0 fully saturated rings. The topological polar surface area (TPSA) is 67.9 Å². The Morgan fingerprint density at radius 1 is 1.00 bits per heavy atom. The van der Waals surface area contributed by atoms with Gasteiger partial charge < -0.3 is 19.7 Å². The molecule has 138 valence electrons. The standard InChI is InChI=1S/C20H24N2O4/c1-20(2,19(24)22(3)14-9-7-6-8-10-14)18(23)21-16-12-11-15(25-4)13-17(16)26-5/h6-13H,1-5H3,(H,21,23). The van der Waals surface area contributed by atoms with Gasteiger partial charge in [-0.15, -0.1) is 0 Å². The minimum absolute atomic E-state index is 0.311. The Hall–Kier alpha value is -3.02. The average molecular weight is 356 g/mol. The maximum atomic E-state index is 12.9. The van der Waals surface area contributed by atoms with Crippen LogP contribution in [0.5, 0.6) is 11.5 Å². The number of hydrogen-bond acceptors (Lipinski definition) is 4. The molecule has 0 unspecified atom stereocenters. The summed E-state index contributed by atoms with van der Waals surface area (Å²) in [6.45, 7) is 3.19. The average Bonchev–Trinajstić information content (AvgIpc) is 2.67. The Morgan fingerprint density at radius 2 is 1.65 bits per heavy atom. The van der Waals surface area contributed by atoms with Gasteiger partial charge in [0.15, 0.2) is 0 Å². The molecule has 0 bridgehead atoms. The third kappa shape index (κ3) is 3.96. The quantitative estimate of drug-likeness (QED) is 0.806. The zero-order valence-corrected chi connectivity index (χ0v) is 15.7. The molecule has 0 saturated carbocycles. The van der Waals surface area contributed by atoms with Crippen molar-refractivity contribution in [2.24, 2.45) is 5.41 Å². The van der Waals surface area contributed by atoms with E-state index >= 15 is 0 Å².